The number of nitrogen functional groups attached to an aromatic ring is 1. The van der Waals surface area contributed by atoms with Gasteiger partial charge in [0, 0.05) is 26.2 Å². The molecule has 1 aromatic heterocycles. The molecule has 1 saturated heterocycles. The van der Waals surface area contributed by atoms with Gasteiger partial charge in [-0.3, -0.25) is 4.79 Å². The van der Waals surface area contributed by atoms with Crippen molar-refractivity contribution in [2.45, 2.75) is 12.8 Å². The molecular formula is C12H19N5O2. The standard InChI is InChI=1S/C12H19N5O2/c1-16(8-11(18)17-5-3-4-6-17)9-7-10(19-2)15-12(13)14-9/h7H,3-6,8H2,1-2H3,(H2,13,14,15). The van der Waals surface area contributed by atoms with Crippen LogP contribution in [0.25, 0.3) is 0 Å². The molecule has 0 bridgehead atoms. The van der Waals surface area contributed by atoms with Crippen molar-refractivity contribution in [1.82, 2.24) is 14.9 Å². The summed E-state index contributed by atoms with van der Waals surface area (Å²) < 4.78 is 5.04. The number of carbonyl (C=O) groups excluding carboxylic acids is 1. The number of rotatable bonds is 4. The Morgan fingerprint density at radius 3 is 2.79 bits per heavy atom. The predicted octanol–water partition coefficient (Wildman–Crippen LogP) is 0.126. The van der Waals surface area contributed by atoms with Crippen LogP contribution in [-0.2, 0) is 4.79 Å². The number of hydrogen-bond donors (Lipinski definition) is 1. The molecule has 2 rings (SSSR count). The summed E-state index contributed by atoms with van der Waals surface area (Å²) in [7, 11) is 3.32. The van der Waals surface area contributed by atoms with E-state index in [1.54, 1.807) is 18.0 Å². The second-order valence-electron chi connectivity index (χ2n) is 4.57. The maximum Gasteiger partial charge on any atom is 0.242 e. The van der Waals surface area contributed by atoms with Crippen LogP contribution in [0.5, 0.6) is 5.88 Å². The fourth-order valence-corrected chi connectivity index (χ4v) is 2.08. The number of likely N-dealkylation sites (N-methyl/N-ethyl adjacent to an activating group) is 1. The van der Waals surface area contributed by atoms with E-state index in [0.717, 1.165) is 25.9 Å². The van der Waals surface area contributed by atoms with Gasteiger partial charge < -0.3 is 20.3 Å². The van der Waals surface area contributed by atoms with Gasteiger partial charge in [0.05, 0.1) is 13.7 Å². The number of aromatic nitrogens is 2. The first-order chi connectivity index (χ1) is 9.10. The zero-order chi connectivity index (χ0) is 13.8. The van der Waals surface area contributed by atoms with Crippen molar-refractivity contribution in [3.05, 3.63) is 6.07 Å². The highest BCUT2D eigenvalue weighted by molar-refractivity contribution is 5.81. The number of likely N-dealkylation sites (tertiary alicyclic amines) is 1. The molecule has 1 aromatic rings. The summed E-state index contributed by atoms with van der Waals surface area (Å²) in [6.07, 6.45) is 2.17. The van der Waals surface area contributed by atoms with Crippen LogP contribution in [0, 0.1) is 0 Å². The summed E-state index contributed by atoms with van der Waals surface area (Å²) in [4.78, 5) is 23.7. The molecule has 2 heterocycles. The molecule has 19 heavy (non-hydrogen) atoms. The van der Waals surface area contributed by atoms with Crippen LogP contribution in [-0.4, -0.2) is 54.6 Å². The molecule has 0 spiro atoms. The maximum absolute atomic E-state index is 12.0. The molecule has 1 amide bonds. The minimum atomic E-state index is 0.108. The summed E-state index contributed by atoms with van der Waals surface area (Å²) in [6.45, 7) is 1.98. The smallest absolute Gasteiger partial charge is 0.242 e. The van der Waals surface area contributed by atoms with Gasteiger partial charge >= 0.3 is 0 Å². The van der Waals surface area contributed by atoms with Gasteiger partial charge in [0.25, 0.3) is 0 Å². The number of hydrogen-bond acceptors (Lipinski definition) is 6. The first kappa shape index (κ1) is 13.4. The average molecular weight is 265 g/mol. The van der Waals surface area contributed by atoms with E-state index >= 15 is 0 Å². The van der Waals surface area contributed by atoms with Gasteiger partial charge in [0.15, 0.2) is 0 Å². The highest BCUT2D eigenvalue weighted by Crippen LogP contribution is 2.17. The highest BCUT2D eigenvalue weighted by Gasteiger charge is 2.20. The second kappa shape index (κ2) is 5.73. The highest BCUT2D eigenvalue weighted by atomic mass is 16.5. The minimum Gasteiger partial charge on any atom is -0.481 e. The van der Waals surface area contributed by atoms with Gasteiger partial charge in [-0.05, 0) is 12.8 Å². The Bertz CT molecular complexity index is 459. The van der Waals surface area contributed by atoms with E-state index < -0.39 is 0 Å². The molecular weight excluding hydrogens is 246 g/mol. The van der Waals surface area contributed by atoms with Crippen LogP contribution in [0.1, 0.15) is 12.8 Å². The fourth-order valence-electron chi connectivity index (χ4n) is 2.08. The topological polar surface area (TPSA) is 84.6 Å². The summed E-state index contributed by atoms with van der Waals surface area (Å²) in [5.74, 6) is 1.21. The number of nitrogens with zero attached hydrogens (tertiary/aromatic N) is 4. The Labute approximate surface area is 112 Å². The largest absolute Gasteiger partial charge is 0.481 e. The first-order valence-corrected chi connectivity index (χ1v) is 6.27. The van der Waals surface area contributed by atoms with Crippen LogP contribution in [0.3, 0.4) is 0 Å². The monoisotopic (exact) mass is 265 g/mol. The number of ether oxygens (including phenoxy) is 1. The van der Waals surface area contributed by atoms with Gasteiger partial charge in [-0.25, -0.2) is 0 Å². The Hall–Kier alpha value is -2.05. The molecule has 0 aromatic carbocycles. The van der Waals surface area contributed by atoms with Crippen molar-refractivity contribution in [3.8, 4) is 5.88 Å². The second-order valence-corrected chi connectivity index (χ2v) is 4.57. The van der Waals surface area contributed by atoms with Gasteiger partial charge in [-0.2, -0.15) is 9.97 Å². The van der Waals surface area contributed by atoms with Crippen LogP contribution >= 0.6 is 0 Å². The van der Waals surface area contributed by atoms with E-state index in [4.69, 9.17) is 10.5 Å². The molecule has 0 atom stereocenters. The van der Waals surface area contributed by atoms with E-state index in [1.165, 1.54) is 7.11 Å². The molecule has 0 saturated carbocycles. The first-order valence-electron chi connectivity index (χ1n) is 6.27. The summed E-state index contributed by atoms with van der Waals surface area (Å²) in [5.41, 5.74) is 5.60. The third-order valence-corrected chi connectivity index (χ3v) is 3.14. The Morgan fingerprint density at radius 1 is 1.47 bits per heavy atom. The van der Waals surface area contributed by atoms with Crippen molar-refractivity contribution in [2.24, 2.45) is 0 Å². The summed E-state index contributed by atoms with van der Waals surface area (Å²) in [5, 5.41) is 0. The van der Waals surface area contributed by atoms with E-state index in [1.807, 2.05) is 4.90 Å². The number of methoxy groups -OCH3 is 1. The summed E-state index contributed by atoms with van der Waals surface area (Å²) >= 11 is 0. The maximum atomic E-state index is 12.0. The minimum absolute atomic E-state index is 0.108. The molecule has 0 unspecified atom stereocenters. The Kier molecular flexibility index (Phi) is 4.03. The molecule has 0 radical (unpaired) electrons. The zero-order valence-electron chi connectivity index (χ0n) is 11.3. The van der Waals surface area contributed by atoms with Gasteiger partial charge in [0.1, 0.15) is 5.82 Å². The van der Waals surface area contributed by atoms with Crippen LogP contribution in [0.15, 0.2) is 6.07 Å². The van der Waals surface area contributed by atoms with E-state index in [2.05, 4.69) is 9.97 Å². The Morgan fingerprint density at radius 2 is 2.16 bits per heavy atom. The van der Waals surface area contributed by atoms with Crippen LogP contribution in [0.4, 0.5) is 11.8 Å². The molecule has 7 heteroatoms. The fraction of sp³-hybridized carbons (Fsp3) is 0.583. The van der Waals surface area contributed by atoms with Crippen molar-refractivity contribution >= 4 is 17.7 Å². The van der Waals surface area contributed by atoms with Crippen molar-refractivity contribution in [3.63, 3.8) is 0 Å². The number of nitrogens with two attached hydrogens (primary N) is 1. The molecule has 2 N–H and O–H groups in total. The van der Waals surface area contributed by atoms with Gasteiger partial charge in [-0.1, -0.05) is 0 Å². The Balaban J connectivity index is 2.04. The van der Waals surface area contributed by atoms with Gasteiger partial charge in [0.2, 0.25) is 17.7 Å². The van der Waals surface area contributed by atoms with Crippen molar-refractivity contribution in [2.75, 3.05) is 44.4 Å². The molecule has 7 nitrogen and oxygen atoms in total. The van der Waals surface area contributed by atoms with Crippen molar-refractivity contribution in [1.29, 1.82) is 0 Å². The lowest BCUT2D eigenvalue weighted by atomic mass is 10.4. The number of amides is 1. The predicted molar refractivity (Wildman–Crippen MR) is 72.1 cm³/mol. The van der Waals surface area contributed by atoms with Crippen LogP contribution < -0.4 is 15.4 Å². The van der Waals surface area contributed by atoms with Crippen LogP contribution in [0.2, 0.25) is 0 Å². The third-order valence-electron chi connectivity index (χ3n) is 3.14. The SMILES string of the molecule is COc1cc(N(C)CC(=O)N2CCCC2)nc(N)n1. The molecule has 104 valence electrons. The molecule has 1 aliphatic rings. The average Bonchev–Trinajstić information content (AvgIpc) is 2.91. The van der Waals surface area contributed by atoms with E-state index in [9.17, 15) is 4.79 Å². The van der Waals surface area contributed by atoms with E-state index in [-0.39, 0.29) is 18.4 Å². The number of carbonyl (C=O) groups is 1. The lowest BCUT2D eigenvalue weighted by molar-refractivity contribution is -0.128. The zero-order valence-corrected chi connectivity index (χ0v) is 11.3. The lowest BCUT2D eigenvalue weighted by Crippen LogP contribution is -2.37. The summed E-state index contributed by atoms with van der Waals surface area (Å²) in [6, 6.07) is 1.66. The lowest BCUT2D eigenvalue weighted by Gasteiger charge is -2.22. The quantitative estimate of drug-likeness (QED) is 0.832. The molecule has 0 aliphatic carbocycles. The normalized spacial score (nSPS) is 14.5. The van der Waals surface area contributed by atoms with Gasteiger partial charge in [-0.15, -0.1) is 0 Å². The van der Waals surface area contributed by atoms with Crippen molar-refractivity contribution < 1.29 is 9.53 Å². The molecule has 1 fully saturated rings. The number of anilines is 2. The van der Waals surface area contributed by atoms with E-state index in [0.29, 0.717) is 11.7 Å². The third kappa shape index (κ3) is 3.24. The molecule has 1 aliphatic heterocycles.